The number of anilines is 1. The van der Waals surface area contributed by atoms with E-state index in [0.717, 1.165) is 6.20 Å². The van der Waals surface area contributed by atoms with Crippen LogP contribution in [0.4, 0.5) is 19.1 Å². The van der Waals surface area contributed by atoms with Crippen LogP contribution >= 0.6 is 0 Å². The van der Waals surface area contributed by atoms with E-state index in [-0.39, 0.29) is 18.3 Å². The van der Waals surface area contributed by atoms with Gasteiger partial charge in [-0.3, -0.25) is 9.69 Å². The van der Waals surface area contributed by atoms with Crippen LogP contribution in [0.5, 0.6) is 0 Å². The van der Waals surface area contributed by atoms with E-state index in [1.54, 1.807) is 60.7 Å². The highest BCUT2D eigenvalue weighted by atomic mass is 19.4. The van der Waals surface area contributed by atoms with Crippen molar-refractivity contribution in [2.45, 2.75) is 12.7 Å². The minimum absolute atomic E-state index is 0.142. The first-order chi connectivity index (χ1) is 11.9. The van der Waals surface area contributed by atoms with Crippen molar-refractivity contribution in [1.82, 2.24) is 4.98 Å². The van der Waals surface area contributed by atoms with Crippen LogP contribution in [0.15, 0.2) is 71.3 Å². The number of hydrogen-bond donors (Lipinski definition) is 0. The molecule has 0 atom stereocenters. The number of halogens is 3. The number of aromatic nitrogens is 1. The molecule has 0 bridgehead atoms. The molecule has 0 spiro atoms. The molecule has 2 aromatic carbocycles. The molecule has 3 aromatic rings. The molecular weight excluding hydrogens is 333 g/mol. The number of benzene rings is 2. The fraction of sp³-hybridized carbons (Fsp3) is 0.111. The van der Waals surface area contributed by atoms with Crippen LogP contribution in [-0.4, -0.2) is 17.1 Å². The van der Waals surface area contributed by atoms with Crippen molar-refractivity contribution in [3.05, 3.63) is 72.4 Å². The summed E-state index contributed by atoms with van der Waals surface area (Å²) in [5.41, 5.74) is 1.14. The monoisotopic (exact) mass is 346 g/mol. The Morgan fingerprint density at radius 1 is 1.00 bits per heavy atom. The summed E-state index contributed by atoms with van der Waals surface area (Å²) in [6, 6.07) is 17.1. The zero-order valence-corrected chi connectivity index (χ0v) is 12.9. The molecule has 0 unspecified atom stereocenters. The highest BCUT2D eigenvalue weighted by Gasteiger charge is 2.44. The van der Waals surface area contributed by atoms with Crippen LogP contribution in [-0.2, 0) is 11.3 Å². The Kier molecular flexibility index (Phi) is 4.56. The third-order valence-electron chi connectivity index (χ3n) is 3.45. The van der Waals surface area contributed by atoms with Gasteiger partial charge in [-0.2, -0.15) is 13.2 Å². The zero-order chi connectivity index (χ0) is 17.9. The Hall–Kier alpha value is -3.09. The maximum atomic E-state index is 13.0. The number of alkyl halides is 3. The largest absolute Gasteiger partial charge is 0.471 e. The average Bonchev–Trinajstić information content (AvgIpc) is 3.10. The van der Waals surface area contributed by atoms with Crippen LogP contribution in [0.25, 0.3) is 11.5 Å². The van der Waals surface area contributed by atoms with Gasteiger partial charge in [-0.15, -0.1) is 0 Å². The summed E-state index contributed by atoms with van der Waals surface area (Å²) in [7, 11) is 0. The summed E-state index contributed by atoms with van der Waals surface area (Å²) >= 11 is 0. The van der Waals surface area contributed by atoms with Gasteiger partial charge in [-0.1, -0.05) is 48.5 Å². The second-order valence-electron chi connectivity index (χ2n) is 5.24. The number of carbonyl (C=O) groups is 1. The highest BCUT2D eigenvalue weighted by Crippen LogP contribution is 2.29. The van der Waals surface area contributed by atoms with E-state index in [0.29, 0.717) is 16.0 Å². The quantitative estimate of drug-likeness (QED) is 0.702. The topological polar surface area (TPSA) is 46.3 Å². The standard InChI is InChI=1S/C18H13F3N2O2/c19-18(20,21)17(24)23(12-13-7-3-1-4-8-13)15-11-22-16(25-15)14-9-5-2-6-10-14/h1-11H,12H2. The van der Waals surface area contributed by atoms with E-state index in [2.05, 4.69) is 4.98 Å². The number of amides is 1. The van der Waals surface area contributed by atoms with E-state index in [9.17, 15) is 18.0 Å². The van der Waals surface area contributed by atoms with Crippen molar-refractivity contribution in [2.24, 2.45) is 0 Å². The molecule has 7 heteroatoms. The van der Waals surface area contributed by atoms with E-state index >= 15 is 0 Å². The third kappa shape index (κ3) is 3.88. The van der Waals surface area contributed by atoms with Crippen LogP contribution in [0, 0.1) is 0 Å². The summed E-state index contributed by atoms with van der Waals surface area (Å²) in [6.07, 6.45) is -3.90. The van der Waals surface area contributed by atoms with E-state index in [4.69, 9.17) is 4.42 Å². The summed E-state index contributed by atoms with van der Waals surface area (Å²) in [5, 5.41) is 0. The Morgan fingerprint density at radius 2 is 1.60 bits per heavy atom. The van der Waals surface area contributed by atoms with Crippen molar-refractivity contribution < 1.29 is 22.4 Å². The number of carbonyl (C=O) groups excluding carboxylic acids is 1. The Bertz CT molecular complexity index is 846. The van der Waals surface area contributed by atoms with Crippen LogP contribution in [0.2, 0.25) is 0 Å². The second-order valence-corrected chi connectivity index (χ2v) is 5.24. The molecule has 0 aliphatic rings. The van der Waals surface area contributed by atoms with E-state index in [1.807, 2.05) is 0 Å². The molecular formula is C18H13F3N2O2. The number of oxazole rings is 1. The smallest absolute Gasteiger partial charge is 0.420 e. The molecule has 0 aliphatic carbocycles. The van der Waals surface area contributed by atoms with Crippen LogP contribution in [0.3, 0.4) is 0 Å². The molecule has 0 N–H and O–H groups in total. The predicted molar refractivity (Wildman–Crippen MR) is 85.6 cm³/mol. The molecule has 3 rings (SSSR count). The van der Waals surface area contributed by atoms with Gasteiger partial charge >= 0.3 is 12.1 Å². The van der Waals surface area contributed by atoms with Crippen LogP contribution < -0.4 is 4.90 Å². The minimum Gasteiger partial charge on any atom is -0.420 e. The maximum Gasteiger partial charge on any atom is 0.471 e. The first-order valence-electron chi connectivity index (χ1n) is 7.39. The van der Waals surface area contributed by atoms with Crippen molar-refractivity contribution in [2.75, 3.05) is 4.90 Å². The summed E-state index contributed by atoms with van der Waals surface area (Å²) in [6.45, 7) is -0.275. The van der Waals surface area contributed by atoms with Gasteiger partial charge in [0.05, 0.1) is 12.7 Å². The lowest BCUT2D eigenvalue weighted by molar-refractivity contribution is -0.170. The fourth-order valence-electron chi connectivity index (χ4n) is 2.27. The molecule has 0 saturated carbocycles. The Balaban J connectivity index is 1.94. The van der Waals surface area contributed by atoms with Gasteiger partial charge in [0.25, 0.3) is 0 Å². The summed E-state index contributed by atoms with van der Waals surface area (Å²) < 4.78 is 44.3. The molecule has 0 saturated heterocycles. The molecule has 4 nitrogen and oxygen atoms in total. The molecule has 1 amide bonds. The zero-order valence-electron chi connectivity index (χ0n) is 12.9. The summed E-state index contributed by atoms with van der Waals surface area (Å²) in [5.74, 6) is -2.12. The number of nitrogens with zero attached hydrogens (tertiary/aromatic N) is 2. The lowest BCUT2D eigenvalue weighted by Crippen LogP contribution is -2.40. The van der Waals surface area contributed by atoms with Crippen molar-refractivity contribution in [1.29, 1.82) is 0 Å². The molecule has 1 heterocycles. The van der Waals surface area contributed by atoms with E-state index in [1.165, 1.54) is 0 Å². The van der Waals surface area contributed by atoms with Gasteiger partial charge in [0, 0.05) is 5.56 Å². The molecule has 1 aromatic heterocycles. The normalized spacial score (nSPS) is 11.3. The molecule has 128 valence electrons. The first-order valence-corrected chi connectivity index (χ1v) is 7.39. The molecule has 0 aliphatic heterocycles. The summed E-state index contributed by atoms with van der Waals surface area (Å²) in [4.78, 5) is 16.4. The fourth-order valence-corrected chi connectivity index (χ4v) is 2.27. The highest BCUT2D eigenvalue weighted by molar-refractivity contribution is 5.96. The molecule has 0 fully saturated rings. The van der Waals surface area contributed by atoms with Gasteiger partial charge < -0.3 is 4.42 Å². The van der Waals surface area contributed by atoms with Gasteiger partial charge in [0.2, 0.25) is 11.8 Å². The van der Waals surface area contributed by atoms with Gasteiger partial charge in [-0.25, -0.2) is 4.98 Å². The molecule has 0 radical (unpaired) electrons. The van der Waals surface area contributed by atoms with Gasteiger partial charge in [0.15, 0.2) is 0 Å². The lowest BCUT2D eigenvalue weighted by atomic mass is 10.2. The van der Waals surface area contributed by atoms with E-state index < -0.39 is 12.1 Å². The average molecular weight is 346 g/mol. The second kappa shape index (κ2) is 6.80. The predicted octanol–water partition coefficient (Wildman–Crippen LogP) is 4.44. The Labute approximate surface area is 141 Å². The van der Waals surface area contributed by atoms with Gasteiger partial charge in [0.1, 0.15) is 0 Å². The third-order valence-corrected chi connectivity index (χ3v) is 3.45. The van der Waals surface area contributed by atoms with Crippen molar-refractivity contribution in [3.8, 4) is 11.5 Å². The lowest BCUT2D eigenvalue weighted by Gasteiger charge is -2.20. The minimum atomic E-state index is -5.02. The van der Waals surface area contributed by atoms with Crippen molar-refractivity contribution >= 4 is 11.8 Å². The maximum absolute atomic E-state index is 13.0. The molecule has 25 heavy (non-hydrogen) atoms. The number of rotatable bonds is 4. The van der Waals surface area contributed by atoms with Gasteiger partial charge in [-0.05, 0) is 17.7 Å². The Morgan fingerprint density at radius 3 is 2.20 bits per heavy atom. The SMILES string of the molecule is O=C(N(Cc1ccccc1)c1cnc(-c2ccccc2)o1)C(F)(F)F. The first kappa shape index (κ1) is 16.8. The van der Waals surface area contributed by atoms with Crippen molar-refractivity contribution in [3.63, 3.8) is 0 Å². The number of hydrogen-bond acceptors (Lipinski definition) is 3. The van der Waals surface area contributed by atoms with Crippen LogP contribution in [0.1, 0.15) is 5.56 Å².